The van der Waals surface area contributed by atoms with Crippen LogP contribution in [0.5, 0.6) is 0 Å². The molecule has 122 valence electrons. The molecule has 2 rings (SSSR count). The van der Waals surface area contributed by atoms with Crippen LogP contribution in [-0.4, -0.2) is 11.7 Å². The zero-order valence-corrected chi connectivity index (χ0v) is 16.1. The first-order valence-electron chi connectivity index (χ1n) is 6.33. The van der Waals surface area contributed by atoms with Gasteiger partial charge in [0.15, 0.2) is 0 Å². The standard InChI is InChI=1S/C15H10Cl5NOS/c16-9-2-1-8(3-10(9)17)6-23-7-15(22)21-14-5-12(19)11(18)4-13(14)20/h1-5H,6-7H2,(H,21,22). The summed E-state index contributed by atoms with van der Waals surface area (Å²) in [6.45, 7) is 0. The maximum Gasteiger partial charge on any atom is 0.234 e. The Bertz CT molecular complexity index is 738. The molecule has 1 amide bonds. The van der Waals surface area contributed by atoms with Crippen LogP contribution in [0.3, 0.4) is 0 Å². The van der Waals surface area contributed by atoms with Crippen molar-refractivity contribution in [2.24, 2.45) is 0 Å². The van der Waals surface area contributed by atoms with Crippen LogP contribution in [0.2, 0.25) is 25.1 Å². The molecule has 23 heavy (non-hydrogen) atoms. The summed E-state index contributed by atoms with van der Waals surface area (Å²) >= 11 is 31.0. The van der Waals surface area contributed by atoms with Crippen LogP contribution in [0.4, 0.5) is 5.69 Å². The molecule has 0 unspecified atom stereocenters. The summed E-state index contributed by atoms with van der Waals surface area (Å²) in [7, 11) is 0. The molecule has 0 aromatic heterocycles. The van der Waals surface area contributed by atoms with Gasteiger partial charge in [-0.2, -0.15) is 0 Å². The van der Waals surface area contributed by atoms with E-state index < -0.39 is 0 Å². The number of anilines is 1. The van der Waals surface area contributed by atoms with Gasteiger partial charge in [-0.15, -0.1) is 11.8 Å². The van der Waals surface area contributed by atoms with Gasteiger partial charge in [-0.3, -0.25) is 4.79 Å². The van der Waals surface area contributed by atoms with Gasteiger partial charge < -0.3 is 5.32 Å². The third-order valence-electron chi connectivity index (χ3n) is 2.77. The lowest BCUT2D eigenvalue weighted by atomic mass is 10.2. The summed E-state index contributed by atoms with van der Waals surface area (Å²) < 4.78 is 0. The lowest BCUT2D eigenvalue weighted by Gasteiger charge is -2.09. The van der Waals surface area contributed by atoms with Gasteiger partial charge in [0.1, 0.15) is 0 Å². The van der Waals surface area contributed by atoms with Crippen molar-refractivity contribution < 1.29 is 4.79 Å². The number of benzene rings is 2. The highest BCUT2D eigenvalue weighted by Crippen LogP contribution is 2.32. The van der Waals surface area contributed by atoms with Crippen LogP contribution in [0.25, 0.3) is 0 Å². The van der Waals surface area contributed by atoms with E-state index in [1.165, 1.54) is 23.9 Å². The van der Waals surface area contributed by atoms with Crippen molar-refractivity contribution in [1.29, 1.82) is 0 Å². The zero-order valence-electron chi connectivity index (χ0n) is 11.5. The molecular formula is C15H10Cl5NOS. The van der Waals surface area contributed by atoms with Crippen molar-refractivity contribution in [2.75, 3.05) is 11.1 Å². The Morgan fingerprint density at radius 2 is 1.52 bits per heavy atom. The Labute approximate surface area is 163 Å². The number of nitrogens with one attached hydrogen (secondary N) is 1. The van der Waals surface area contributed by atoms with Crippen molar-refractivity contribution >= 4 is 81.4 Å². The quantitative estimate of drug-likeness (QED) is 0.528. The molecule has 0 aliphatic heterocycles. The van der Waals surface area contributed by atoms with Crippen LogP contribution in [0.15, 0.2) is 30.3 Å². The van der Waals surface area contributed by atoms with Crippen molar-refractivity contribution in [2.45, 2.75) is 5.75 Å². The van der Waals surface area contributed by atoms with Gasteiger partial charge in [0.25, 0.3) is 0 Å². The topological polar surface area (TPSA) is 29.1 Å². The summed E-state index contributed by atoms with van der Waals surface area (Å²) in [4.78, 5) is 12.0. The average molecular weight is 430 g/mol. The Kier molecular flexibility index (Phi) is 7.20. The second kappa shape index (κ2) is 8.70. The van der Waals surface area contributed by atoms with Gasteiger partial charge in [0, 0.05) is 5.75 Å². The number of carbonyl (C=O) groups excluding carboxylic acids is 1. The number of rotatable bonds is 5. The van der Waals surface area contributed by atoms with E-state index in [1.54, 1.807) is 12.1 Å². The Morgan fingerprint density at radius 1 is 0.870 bits per heavy atom. The maximum absolute atomic E-state index is 12.0. The largest absolute Gasteiger partial charge is 0.324 e. The molecule has 0 radical (unpaired) electrons. The lowest BCUT2D eigenvalue weighted by molar-refractivity contribution is -0.113. The predicted molar refractivity (Wildman–Crippen MR) is 103 cm³/mol. The summed E-state index contributed by atoms with van der Waals surface area (Å²) in [5, 5.41) is 4.71. The fourth-order valence-corrected chi connectivity index (χ4v) is 3.39. The van der Waals surface area contributed by atoms with Crippen molar-refractivity contribution in [3.63, 3.8) is 0 Å². The van der Waals surface area contributed by atoms with Crippen LogP contribution in [-0.2, 0) is 10.5 Å². The number of amides is 1. The van der Waals surface area contributed by atoms with Crippen LogP contribution < -0.4 is 5.32 Å². The van der Waals surface area contributed by atoms with Gasteiger partial charge >= 0.3 is 0 Å². The molecule has 0 saturated heterocycles. The molecule has 1 N–H and O–H groups in total. The summed E-state index contributed by atoms with van der Waals surface area (Å²) in [6, 6.07) is 8.40. The van der Waals surface area contributed by atoms with E-state index in [0.717, 1.165) is 5.56 Å². The molecule has 0 fully saturated rings. The molecule has 0 heterocycles. The minimum absolute atomic E-state index is 0.185. The molecular weight excluding hydrogens is 420 g/mol. The van der Waals surface area contributed by atoms with E-state index in [9.17, 15) is 4.79 Å². The normalized spacial score (nSPS) is 10.7. The van der Waals surface area contributed by atoms with Gasteiger partial charge in [-0.25, -0.2) is 0 Å². The summed E-state index contributed by atoms with van der Waals surface area (Å²) in [6.07, 6.45) is 0. The Morgan fingerprint density at radius 3 is 2.22 bits per heavy atom. The number of hydrogen-bond acceptors (Lipinski definition) is 2. The van der Waals surface area contributed by atoms with E-state index >= 15 is 0 Å². The highest BCUT2D eigenvalue weighted by molar-refractivity contribution is 7.99. The van der Waals surface area contributed by atoms with Gasteiger partial charge in [0.2, 0.25) is 5.91 Å². The molecule has 8 heteroatoms. The third kappa shape index (κ3) is 5.63. The molecule has 2 aromatic rings. The molecule has 0 aliphatic carbocycles. The molecule has 2 nitrogen and oxygen atoms in total. The second-order valence-corrected chi connectivity index (χ2v) is 7.56. The molecule has 0 atom stereocenters. The fourth-order valence-electron chi connectivity index (χ4n) is 1.70. The maximum atomic E-state index is 12.0. The van der Waals surface area contributed by atoms with Gasteiger partial charge in [0.05, 0.1) is 36.6 Å². The monoisotopic (exact) mass is 427 g/mol. The lowest BCUT2D eigenvalue weighted by Crippen LogP contribution is -2.14. The average Bonchev–Trinajstić information content (AvgIpc) is 2.48. The van der Waals surface area contributed by atoms with E-state index in [-0.39, 0.29) is 11.7 Å². The van der Waals surface area contributed by atoms with Crippen molar-refractivity contribution in [3.8, 4) is 0 Å². The first kappa shape index (κ1) is 19.0. The number of halogens is 5. The smallest absolute Gasteiger partial charge is 0.234 e. The highest BCUT2D eigenvalue weighted by atomic mass is 35.5. The zero-order chi connectivity index (χ0) is 17.0. The summed E-state index contributed by atoms with van der Waals surface area (Å²) in [5.41, 5.74) is 1.42. The van der Waals surface area contributed by atoms with Crippen molar-refractivity contribution in [3.05, 3.63) is 61.0 Å². The highest BCUT2D eigenvalue weighted by Gasteiger charge is 2.10. The first-order valence-corrected chi connectivity index (χ1v) is 9.37. The minimum atomic E-state index is -0.185. The molecule has 2 aromatic carbocycles. The number of carbonyl (C=O) groups is 1. The third-order valence-corrected chi connectivity index (χ3v) is 5.55. The minimum Gasteiger partial charge on any atom is -0.324 e. The van der Waals surface area contributed by atoms with E-state index in [1.807, 2.05) is 6.07 Å². The molecule has 0 bridgehead atoms. The Balaban J connectivity index is 1.88. The number of thioether (sulfide) groups is 1. The predicted octanol–water partition coefficient (Wildman–Crippen LogP) is 6.83. The van der Waals surface area contributed by atoms with Gasteiger partial charge in [-0.1, -0.05) is 64.1 Å². The molecule has 0 saturated carbocycles. The van der Waals surface area contributed by atoms with E-state index in [4.69, 9.17) is 58.0 Å². The molecule has 0 aliphatic rings. The Hall–Kier alpha value is -0.290. The number of hydrogen-bond donors (Lipinski definition) is 1. The van der Waals surface area contributed by atoms with Gasteiger partial charge in [-0.05, 0) is 29.8 Å². The summed E-state index contributed by atoms with van der Waals surface area (Å²) in [5.74, 6) is 0.714. The van der Waals surface area contributed by atoms with Crippen molar-refractivity contribution in [1.82, 2.24) is 0 Å². The molecule has 0 spiro atoms. The van der Waals surface area contributed by atoms with E-state index in [0.29, 0.717) is 36.6 Å². The van der Waals surface area contributed by atoms with E-state index in [2.05, 4.69) is 5.32 Å². The van der Waals surface area contributed by atoms with Crippen LogP contribution in [0, 0.1) is 0 Å². The SMILES string of the molecule is O=C(CSCc1ccc(Cl)c(Cl)c1)Nc1cc(Cl)c(Cl)cc1Cl. The first-order chi connectivity index (χ1) is 10.9. The fraction of sp³-hybridized carbons (Fsp3) is 0.133. The van der Waals surface area contributed by atoms with Crippen LogP contribution >= 0.6 is 69.8 Å². The van der Waals surface area contributed by atoms with Crippen LogP contribution in [0.1, 0.15) is 5.56 Å². The second-order valence-electron chi connectivity index (χ2n) is 4.54.